The van der Waals surface area contributed by atoms with Crippen LogP contribution in [0.1, 0.15) is 48.8 Å². The number of para-hydroxylation sites is 1. The van der Waals surface area contributed by atoms with Crippen LogP contribution in [-0.4, -0.2) is 168 Å². The lowest BCUT2D eigenvalue weighted by Crippen LogP contribution is -2.57. The van der Waals surface area contributed by atoms with Crippen molar-refractivity contribution in [2.45, 2.75) is 70.1 Å². The number of esters is 1. The highest BCUT2D eigenvalue weighted by Gasteiger charge is 2.37. The highest BCUT2D eigenvalue weighted by molar-refractivity contribution is 6.32. The van der Waals surface area contributed by atoms with E-state index >= 15 is 0 Å². The summed E-state index contributed by atoms with van der Waals surface area (Å²) in [7, 11) is 5.52. The van der Waals surface area contributed by atoms with Gasteiger partial charge >= 0.3 is 29.8 Å². The van der Waals surface area contributed by atoms with Crippen LogP contribution >= 0.6 is 0 Å². The van der Waals surface area contributed by atoms with Gasteiger partial charge in [-0.2, -0.15) is 0 Å². The van der Waals surface area contributed by atoms with Crippen LogP contribution in [0.4, 0.5) is 15.3 Å². The second-order valence-electron chi connectivity index (χ2n) is 16.7. The average Bonchev–Trinajstić information content (AvgIpc) is 3.42. The van der Waals surface area contributed by atoms with Gasteiger partial charge in [0.2, 0.25) is 0 Å². The number of nitrogens with one attached hydrogen (secondary N) is 1. The van der Waals surface area contributed by atoms with Crippen molar-refractivity contribution in [2.24, 2.45) is 7.05 Å². The molecule has 0 aliphatic carbocycles. The third-order valence-corrected chi connectivity index (χ3v) is 12.4. The number of fused-ring (bicyclic) bond motifs is 2. The first-order valence-corrected chi connectivity index (χ1v) is 21.2. The molecule has 0 bridgehead atoms. The van der Waals surface area contributed by atoms with Crippen molar-refractivity contribution in [3.8, 4) is 0 Å². The number of benzene rings is 2. The van der Waals surface area contributed by atoms with Crippen LogP contribution < -0.4 is 11.1 Å². The first-order valence-electron chi connectivity index (χ1n) is 21.2. The molecule has 3 fully saturated rings. The Bertz CT molecular complexity index is 2110. The zero-order valence-corrected chi connectivity index (χ0v) is 35.2. The number of urea groups is 1. The minimum atomic E-state index is -1.12. The lowest BCUT2D eigenvalue weighted by molar-refractivity contribution is -0.161. The minimum Gasteiger partial charge on any atom is -0.458 e. The molecule has 7 rings (SSSR count). The van der Waals surface area contributed by atoms with E-state index in [0.717, 1.165) is 29.8 Å². The van der Waals surface area contributed by atoms with Gasteiger partial charge in [-0.15, -0.1) is 0 Å². The van der Waals surface area contributed by atoms with E-state index in [-0.39, 0.29) is 37.0 Å². The topological polar surface area (TPSA) is 170 Å². The quantitative estimate of drug-likeness (QED) is 0.181. The van der Waals surface area contributed by atoms with Gasteiger partial charge in [-0.1, -0.05) is 24.3 Å². The Labute approximate surface area is 350 Å². The first-order chi connectivity index (χ1) is 28.9. The maximum Gasteiger partial charge on any atom is 0.419 e. The van der Waals surface area contributed by atoms with Gasteiger partial charge in [0.25, 0.3) is 5.91 Å². The molecule has 0 radical (unpaired) electrons. The second-order valence-corrected chi connectivity index (χ2v) is 16.7. The highest BCUT2D eigenvalue weighted by Crippen LogP contribution is 2.27. The van der Waals surface area contributed by atoms with Gasteiger partial charge in [0, 0.05) is 96.7 Å². The summed E-state index contributed by atoms with van der Waals surface area (Å²) in [5.41, 5.74) is 4.48. The number of oxazole rings is 1. The number of ether oxygens (including phenoxy) is 2. The molecule has 1 aromatic heterocycles. The zero-order valence-electron chi connectivity index (χ0n) is 35.2. The van der Waals surface area contributed by atoms with Gasteiger partial charge in [0.1, 0.15) is 0 Å². The number of amides is 5. The fraction of sp³-hybridized carbons (Fsp3) is 0.581. The van der Waals surface area contributed by atoms with E-state index in [2.05, 4.69) is 10.2 Å². The molecule has 3 aromatic rings. The molecule has 4 aliphatic heterocycles. The molecule has 1 atom stereocenters. The molecule has 0 saturated carbocycles. The maximum absolute atomic E-state index is 14.3. The lowest BCUT2D eigenvalue weighted by Gasteiger charge is -2.43. The molecule has 0 spiro atoms. The maximum atomic E-state index is 14.3. The first kappa shape index (κ1) is 42.7. The number of hydrogen-bond donors (Lipinski definition) is 1. The third-order valence-electron chi connectivity index (χ3n) is 12.4. The van der Waals surface area contributed by atoms with Crippen molar-refractivity contribution in [2.75, 3.05) is 91.5 Å². The SMILES string of the molecule is Cc1cc(C[C@@H](OC(=O)N2CCC(N3CCc4ccccc4NC3=O)CC2)C(=O)N2CCN(C3CCN(C(=O)C(=O)OCCCN(C)C)CC3)CC2)cc2oc(=O)n(C)c12. The van der Waals surface area contributed by atoms with Crippen LogP contribution in [0, 0.1) is 6.92 Å². The predicted octanol–water partition coefficient (Wildman–Crippen LogP) is 2.67. The highest BCUT2D eigenvalue weighted by atomic mass is 16.6. The number of hydrogen-bond acceptors (Lipinski definition) is 11. The standard InChI is InChI=1S/C43H58N8O9/c1-29-26-30(27-35-37(29)46(4)42(56)59-35)28-36(60-43(57)50-18-13-33(14-19-50)51-20-10-31-8-5-6-9-34(31)44-41(51)55)38(52)49-23-21-47(22-24-49)32-11-16-48(17-12-32)39(53)40(54)58-25-7-15-45(2)3/h5-6,8-9,26-27,32-33,36H,7,10-25,28H2,1-4H3,(H,44,55)/t36-/m1/s1. The summed E-state index contributed by atoms with van der Waals surface area (Å²) in [5.74, 6) is -2.19. The number of piperazine rings is 1. The Morgan fingerprint density at radius 1 is 0.867 bits per heavy atom. The smallest absolute Gasteiger partial charge is 0.419 e. The monoisotopic (exact) mass is 830 g/mol. The molecule has 17 nitrogen and oxygen atoms in total. The number of carbonyl (C=O) groups excluding carboxylic acids is 5. The van der Waals surface area contributed by atoms with E-state index in [4.69, 9.17) is 13.9 Å². The molecular formula is C43H58N8O9. The Kier molecular flexibility index (Phi) is 13.4. The van der Waals surface area contributed by atoms with Crippen LogP contribution in [0.15, 0.2) is 45.6 Å². The van der Waals surface area contributed by atoms with E-state index in [1.54, 1.807) is 27.8 Å². The molecule has 3 saturated heterocycles. The summed E-state index contributed by atoms with van der Waals surface area (Å²) in [4.78, 5) is 89.9. The van der Waals surface area contributed by atoms with E-state index < -0.39 is 29.8 Å². The zero-order chi connectivity index (χ0) is 42.5. The number of nitrogens with zero attached hydrogens (tertiary/aromatic N) is 7. The van der Waals surface area contributed by atoms with E-state index in [1.165, 1.54) is 4.57 Å². The van der Waals surface area contributed by atoms with Gasteiger partial charge in [0.15, 0.2) is 11.7 Å². The van der Waals surface area contributed by atoms with Gasteiger partial charge in [-0.05, 0) is 88.4 Å². The number of anilines is 1. The fourth-order valence-electron chi connectivity index (χ4n) is 9.07. The van der Waals surface area contributed by atoms with Crippen molar-refractivity contribution in [3.05, 3.63) is 63.6 Å². The number of aryl methyl sites for hydroxylation is 2. The van der Waals surface area contributed by atoms with Crippen molar-refractivity contribution in [1.29, 1.82) is 0 Å². The van der Waals surface area contributed by atoms with Gasteiger partial charge in [-0.3, -0.25) is 19.1 Å². The molecule has 5 heterocycles. The minimum absolute atomic E-state index is 0.0420. The second kappa shape index (κ2) is 18.9. The molecule has 5 amide bonds. The number of rotatable bonds is 10. The fourth-order valence-corrected chi connectivity index (χ4v) is 9.07. The molecule has 60 heavy (non-hydrogen) atoms. The predicted molar refractivity (Wildman–Crippen MR) is 223 cm³/mol. The molecule has 324 valence electrons. The number of likely N-dealkylation sites (tertiary alicyclic amines) is 2. The summed E-state index contributed by atoms with van der Waals surface area (Å²) in [6, 6.07) is 11.4. The summed E-state index contributed by atoms with van der Waals surface area (Å²) in [6.45, 7) is 7.18. The normalized spacial score (nSPS) is 18.9. The van der Waals surface area contributed by atoms with E-state index in [1.807, 2.05) is 61.2 Å². The van der Waals surface area contributed by atoms with E-state index in [0.29, 0.717) is 108 Å². The van der Waals surface area contributed by atoms with Crippen LogP contribution in [0.3, 0.4) is 0 Å². The summed E-state index contributed by atoms with van der Waals surface area (Å²) in [5, 5.41) is 3.04. The van der Waals surface area contributed by atoms with Crippen molar-refractivity contribution < 1.29 is 37.9 Å². The van der Waals surface area contributed by atoms with Crippen molar-refractivity contribution in [1.82, 2.24) is 34.0 Å². The summed E-state index contributed by atoms with van der Waals surface area (Å²) >= 11 is 0. The van der Waals surface area contributed by atoms with Crippen molar-refractivity contribution in [3.63, 3.8) is 0 Å². The number of aromatic nitrogens is 1. The van der Waals surface area contributed by atoms with Crippen LogP contribution in [0.25, 0.3) is 11.1 Å². The van der Waals surface area contributed by atoms with Gasteiger partial charge < -0.3 is 43.7 Å². The third kappa shape index (κ3) is 9.78. The number of piperidine rings is 2. The Morgan fingerprint density at radius 3 is 2.27 bits per heavy atom. The van der Waals surface area contributed by atoms with Crippen LogP contribution in [0.2, 0.25) is 0 Å². The Hall–Kier alpha value is -5.42. The molecule has 17 heteroatoms. The summed E-state index contributed by atoms with van der Waals surface area (Å²) in [6.07, 6.45) is 2.36. The molecule has 0 unspecified atom stereocenters. The Balaban J connectivity index is 0.953. The molecule has 2 aromatic carbocycles. The van der Waals surface area contributed by atoms with Gasteiger partial charge in [-0.25, -0.2) is 19.2 Å². The molecule has 1 N–H and O–H groups in total. The molecular weight excluding hydrogens is 773 g/mol. The molecule has 4 aliphatic rings. The number of carbonyl (C=O) groups is 5. The summed E-state index contributed by atoms with van der Waals surface area (Å²) < 4.78 is 18.2. The van der Waals surface area contributed by atoms with Crippen LogP contribution in [0.5, 0.6) is 0 Å². The Morgan fingerprint density at radius 2 is 1.55 bits per heavy atom. The largest absolute Gasteiger partial charge is 0.458 e. The van der Waals surface area contributed by atoms with Gasteiger partial charge in [0.05, 0.1) is 12.1 Å². The van der Waals surface area contributed by atoms with E-state index in [9.17, 15) is 28.8 Å². The van der Waals surface area contributed by atoms with Crippen molar-refractivity contribution >= 4 is 46.7 Å². The van der Waals surface area contributed by atoms with Crippen LogP contribution in [-0.2, 0) is 43.7 Å². The lowest BCUT2D eigenvalue weighted by atomic mass is 10.0. The average molecular weight is 831 g/mol.